The molecule has 1 aromatic carbocycles. The fourth-order valence-corrected chi connectivity index (χ4v) is 2.65. The van der Waals surface area contributed by atoms with Crippen molar-refractivity contribution in [1.29, 1.82) is 0 Å². The van der Waals surface area contributed by atoms with Crippen molar-refractivity contribution >= 4 is 29.5 Å². The Morgan fingerprint density at radius 1 is 1.12 bits per heavy atom. The van der Waals surface area contributed by atoms with Crippen molar-refractivity contribution in [2.24, 2.45) is 0 Å². The van der Waals surface area contributed by atoms with Gasteiger partial charge in [-0.15, -0.1) is 0 Å². The Hall–Kier alpha value is -3.10. The highest BCUT2D eigenvalue weighted by atomic mass is 16.5. The summed E-state index contributed by atoms with van der Waals surface area (Å²) in [5.41, 5.74) is 0.743. The number of benzene rings is 1. The summed E-state index contributed by atoms with van der Waals surface area (Å²) in [5.74, 6) is 1.54. The minimum atomic E-state index is -0.396. The van der Waals surface area contributed by atoms with Gasteiger partial charge in [0.2, 0.25) is 17.8 Å². The number of carbonyl (C=O) groups excluding carboxylic acids is 1. The Morgan fingerprint density at radius 3 is 2.58 bits per heavy atom. The number of nitrogens with zero attached hydrogens (tertiary/aromatic N) is 4. The van der Waals surface area contributed by atoms with Gasteiger partial charge in [0.05, 0.1) is 19.9 Å². The van der Waals surface area contributed by atoms with Crippen LogP contribution in [0.5, 0.6) is 5.75 Å². The normalized spacial score (nSPS) is 13.4. The first-order chi connectivity index (χ1) is 12.7. The van der Waals surface area contributed by atoms with Gasteiger partial charge in [-0.2, -0.15) is 15.0 Å². The van der Waals surface area contributed by atoms with Gasteiger partial charge in [-0.05, 0) is 25.0 Å². The molecule has 1 saturated heterocycles. The largest absolute Gasteiger partial charge is 0.495 e. The first kappa shape index (κ1) is 17.7. The molecule has 0 radical (unpaired) electrons. The van der Waals surface area contributed by atoms with Gasteiger partial charge in [0.25, 0.3) is 0 Å². The first-order valence-electron chi connectivity index (χ1n) is 8.41. The molecule has 138 valence electrons. The average molecular weight is 358 g/mol. The lowest BCUT2D eigenvalue weighted by molar-refractivity contribution is -0.138. The minimum Gasteiger partial charge on any atom is -0.495 e. The van der Waals surface area contributed by atoms with Crippen LogP contribution in [0.2, 0.25) is 0 Å². The average Bonchev–Trinajstić information content (AvgIpc) is 3.21. The molecule has 0 amide bonds. The molecule has 2 heterocycles. The number of ether oxygens (including phenoxy) is 2. The van der Waals surface area contributed by atoms with Gasteiger partial charge in [0.15, 0.2) is 0 Å². The van der Waals surface area contributed by atoms with E-state index in [2.05, 4.69) is 35.2 Å². The topological polar surface area (TPSA) is 102 Å². The summed E-state index contributed by atoms with van der Waals surface area (Å²) < 4.78 is 9.99. The summed E-state index contributed by atoms with van der Waals surface area (Å²) in [5, 5.41) is 6.04. The number of esters is 1. The zero-order valence-corrected chi connectivity index (χ0v) is 14.9. The zero-order valence-electron chi connectivity index (χ0n) is 14.9. The Morgan fingerprint density at radius 2 is 1.85 bits per heavy atom. The number of anilines is 4. The third-order valence-corrected chi connectivity index (χ3v) is 3.98. The molecule has 1 aromatic heterocycles. The van der Waals surface area contributed by atoms with Gasteiger partial charge in [0.1, 0.15) is 12.3 Å². The van der Waals surface area contributed by atoms with Crippen molar-refractivity contribution in [3.63, 3.8) is 0 Å². The summed E-state index contributed by atoms with van der Waals surface area (Å²) in [7, 11) is 2.94. The quantitative estimate of drug-likeness (QED) is 0.717. The molecule has 2 aromatic rings. The summed E-state index contributed by atoms with van der Waals surface area (Å²) in [4.78, 5) is 26.8. The van der Waals surface area contributed by atoms with Gasteiger partial charge in [-0.1, -0.05) is 12.1 Å². The second-order valence-electron chi connectivity index (χ2n) is 5.73. The zero-order chi connectivity index (χ0) is 18.4. The molecular weight excluding hydrogens is 336 g/mol. The number of nitrogens with one attached hydrogen (secondary N) is 2. The van der Waals surface area contributed by atoms with E-state index in [-0.39, 0.29) is 6.54 Å². The van der Waals surface area contributed by atoms with Gasteiger partial charge in [-0.25, -0.2) is 0 Å². The van der Waals surface area contributed by atoms with E-state index in [1.807, 2.05) is 24.3 Å². The standard InChI is InChI=1S/C17H22N6O3/c1-25-13-8-4-3-7-12(13)19-16-20-15(18-11-14(24)26-2)21-17(22-16)23-9-5-6-10-23/h3-4,7-8H,5-6,9-11H2,1-2H3,(H2,18,19,20,21,22). The fraction of sp³-hybridized carbons (Fsp3) is 0.412. The van der Waals surface area contributed by atoms with Crippen LogP contribution < -0.4 is 20.3 Å². The molecule has 1 aliphatic rings. The molecule has 0 unspecified atom stereocenters. The summed E-state index contributed by atoms with van der Waals surface area (Å²) in [6.45, 7) is 1.77. The third-order valence-electron chi connectivity index (χ3n) is 3.98. The SMILES string of the molecule is COC(=O)CNc1nc(Nc2ccccc2OC)nc(N2CCCC2)n1. The van der Waals surface area contributed by atoms with E-state index < -0.39 is 5.97 Å². The highest BCUT2D eigenvalue weighted by Crippen LogP contribution is 2.27. The van der Waals surface area contributed by atoms with Crippen molar-refractivity contribution in [1.82, 2.24) is 15.0 Å². The van der Waals surface area contributed by atoms with Crippen molar-refractivity contribution in [3.8, 4) is 5.75 Å². The number of methoxy groups -OCH3 is 2. The van der Waals surface area contributed by atoms with Crippen LogP contribution in [0.15, 0.2) is 24.3 Å². The number of para-hydroxylation sites is 2. The van der Waals surface area contributed by atoms with Crippen LogP contribution in [0.25, 0.3) is 0 Å². The molecule has 0 saturated carbocycles. The molecule has 2 N–H and O–H groups in total. The van der Waals surface area contributed by atoms with Crippen LogP contribution in [0.4, 0.5) is 23.5 Å². The first-order valence-corrected chi connectivity index (χ1v) is 8.41. The summed E-state index contributed by atoms with van der Waals surface area (Å²) >= 11 is 0. The lowest BCUT2D eigenvalue weighted by Gasteiger charge is -2.17. The lowest BCUT2D eigenvalue weighted by atomic mass is 10.3. The molecule has 0 spiro atoms. The Labute approximate surface area is 151 Å². The monoisotopic (exact) mass is 358 g/mol. The van der Waals surface area contributed by atoms with Gasteiger partial charge < -0.3 is 25.0 Å². The second-order valence-corrected chi connectivity index (χ2v) is 5.73. The van der Waals surface area contributed by atoms with E-state index in [1.165, 1.54) is 7.11 Å². The van der Waals surface area contributed by atoms with Crippen LogP contribution in [0.1, 0.15) is 12.8 Å². The Balaban J connectivity index is 1.87. The summed E-state index contributed by atoms with van der Waals surface area (Å²) in [6, 6.07) is 7.50. The predicted molar refractivity (Wildman–Crippen MR) is 98.1 cm³/mol. The van der Waals surface area contributed by atoms with E-state index >= 15 is 0 Å². The van der Waals surface area contributed by atoms with Crippen molar-refractivity contribution in [3.05, 3.63) is 24.3 Å². The predicted octanol–water partition coefficient (Wildman–Crippen LogP) is 1.81. The number of hydrogen-bond acceptors (Lipinski definition) is 9. The van der Waals surface area contributed by atoms with E-state index in [9.17, 15) is 4.79 Å². The molecule has 9 heteroatoms. The van der Waals surface area contributed by atoms with E-state index in [0.29, 0.717) is 23.6 Å². The van der Waals surface area contributed by atoms with E-state index in [1.54, 1.807) is 7.11 Å². The van der Waals surface area contributed by atoms with Crippen LogP contribution in [0, 0.1) is 0 Å². The maximum Gasteiger partial charge on any atom is 0.325 e. The fourth-order valence-electron chi connectivity index (χ4n) is 2.65. The van der Waals surface area contributed by atoms with Crippen molar-refractivity contribution in [2.75, 3.05) is 49.4 Å². The van der Waals surface area contributed by atoms with Crippen LogP contribution >= 0.6 is 0 Å². The second kappa shape index (κ2) is 8.32. The van der Waals surface area contributed by atoms with Crippen LogP contribution in [0.3, 0.4) is 0 Å². The maximum atomic E-state index is 11.4. The molecule has 1 fully saturated rings. The molecule has 9 nitrogen and oxygen atoms in total. The van der Waals surface area contributed by atoms with Crippen LogP contribution in [-0.2, 0) is 9.53 Å². The molecule has 3 rings (SSSR count). The molecule has 26 heavy (non-hydrogen) atoms. The van der Waals surface area contributed by atoms with Crippen LogP contribution in [-0.4, -0.2) is 54.8 Å². The summed E-state index contributed by atoms with van der Waals surface area (Å²) in [6.07, 6.45) is 2.21. The maximum absolute atomic E-state index is 11.4. The highest BCUT2D eigenvalue weighted by Gasteiger charge is 2.18. The van der Waals surface area contributed by atoms with Crippen molar-refractivity contribution in [2.45, 2.75) is 12.8 Å². The Kier molecular flexibility index (Phi) is 5.67. The molecule has 0 bridgehead atoms. The number of rotatable bonds is 7. The van der Waals surface area contributed by atoms with E-state index in [4.69, 9.17) is 4.74 Å². The number of hydrogen-bond donors (Lipinski definition) is 2. The third kappa shape index (κ3) is 4.29. The van der Waals surface area contributed by atoms with Gasteiger partial charge in [0, 0.05) is 13.1 Å². The van der Waals surface area contributed by atoms with E-state index in [0.717, 1.165) is 31.6 Å². The molecule has 0 aliphatic carbocycles. The number of carbonyl (C=O) groups is 1. The Bertz CT molecular complexity index is 764. The molecular formula is C17H22N6O3. The molecule has 0 atom stereocenters. The minimum absolute atomic E-state index is 0.0198. The molecule has 1 aliphatic heterocycles. The van der Waals surface area contributed by atoms with Gasteiger partial charge >= 0.3 is 5.97 Å². The smallest absolute Gasteiger partial charge is 0.325 e. The van der Waals surface area contributed by atoms with Crippen molar-refractivity contribution < 1.29 is 14.3 Å². The lowest BCUT2D eigenvalue weighted by Crippen LogP contribution is -2.23. The number of aromatic nitrogens is 3. The highest BCUT2D eigenvalue weighted by molar-refractivity contribution is 5.74. The van der Waals surface area contributed by atoms with Gasteiger partial charge in [-0.3, -0.25) is 4.79 Å².